The third-order valence-corrected chi connectivity index (χ3v) is 9.79. The second-order valence-electron chi connectivity index (χ2n) is 11.8. The van der Waals surface area contributed by atoms with Gasteiger partial charge in [0.25, 0.3) is 0 Å². The topological polar surface area (TPSA) is 64.1 Å². The Morgan fingerprint density at radius 1 is 1.32 bits per heavy atom. The molecule has 1 saturated carbocycles. The van der Waals surface area contributed by atoms with E-state index in [9.17, 15) is 4.79 Å². The molecule has 0 aromatic carbocycles. The first-order chi connectivity index (χ1) is 17.9. The van der Waals surface area contributed by atoms with Gasteiger partial charge in [0.15, 0.2) is 0 Å². The standard InChI is InChI=1S/C29H43N3O4S/c1-20-11-23-16-31(8-6-25(23)30-15-20)28(33)29-14-21(12-22-7-10-36-18-26(22)35-3)13-24(29)17-32(19-29)27(37)5-4-9-34-2/h11,15,21-22,24,26H,4-10,12-14,16-19H2,1-3H3/t21-,22?,24+,26?,29+/m1/s1. The van der Waals surface area contributed by atoms with E-state index >= 15 is 0 Å². The number of aryl methyl sites for hydroxylation is 1. The molecular formula is C29H43N3O4S. The third kappa shape index (κ3) is 5.58. The van der Waals surface area contributed by atoms with Gasteiger partial charge in [-0.1, -0.05) is 18.3 Å². The predicted molar refractivity (Wildman–Crippen MR) is 146 cm³/mol. The molecule has 4 aliphatic rings. The van der Waals surface area contributed by atoms with Crippen molar-refractivity contribution in [3.63, 3.8) is 0 Å². The Morgan fingerprint density at radius 3 is 3.00 bits per heavy atom. The highest BCUT2D eigenvalue weighted by molar-refractivity contribution is 7.80. The zero-order valence-corrected chi connectivity index (χ0v) is 23.6. The lowest BCUT2D eigenvalue weighted by Gasteiger charge is -2.37. The molecule has 3 aliphatic heterocycles. The summed E-state index contributed by atoms with van der Waals surface area (Å²) in [6.45, 7) is 7.39. The number of aromatic nitrogens is 1. The van der Waals surface area contributed by atoms with Crippen molar-refractivity contribution in [3.05, 3.63) is 29.1 Å². The second-order valence-corrected chi connectivity index (χ2v) is 12.2. The highest BCUT2D eigenvalue weighted by Crippen LogP contribution is 2.54. The number of carbonyl (C=O) groups excluding carboxylic acids is 1. The Kier molecular flexibility index (Phi) is 8.49. The van der Waals surface area contributed by atoms with Crippen molar-refractivity contribution >= 4 is 23.1 Å². The first-order valence-corrected chi connectivity index (χ1v) is 14.5. The van der Waals surface area contributed by atoms with Crippen LogP contribution in [0, 0.1) is 30.1 Å². The molecule has 8 heteroatoms. The summed E-state index contributed by atoms with van der Waals surface area (Å²) in [5, 5.41) is 0. The number of fused-ring (bicyclic) bond motifs is 2. The van der Waals surface area contributed by atoms with Crippen molar-refractivity contribution in [2.24, 2.45) is 23.2 Å². The largest absolute Gasteiger partial charge is 0.385 e. The van der Waals surface area contributed by atoms with E-state index in [0.29, 0.717) is 36.8 Å². The van der Waals surface area contributed by atoms with Gasteiger partial charge in [-0.2, -0.15) is 0 Å². The van der Waals surface area contributed by atoms with Crippen molar-refractivity contribution in [2.45, 2.75) is 64.5 Å². The SMILES string of the molecule is COCCCC(=S)N1C[C@@H]2C[C@@H](CC3CCOCC3OC)C[C@]2(C(=O)N2CCc3ncc(C)cc3C2)C1. The number of rotatable bonds is 8. The van der Waals surface area contributed by atoms with Crippen LogP contribution in [0.15, 0.2) is 12.3 Å². The van der Waals surface area contributed by atoms with Crippen LogP contribution in [0.3, 0.4) is 0 Å². The third-order valence-electron chi connectivity index (χ3n) is 9.33. The second kappa shape index (κ2) is 11.6. The van der Waals surface area contributed by atoms with E-state index in [2.05, 4.69) is 27.8 Å². The molecule has 5 rings (SSSR count). The molecule has 0 spiro atoms. The molecule has 3 fully saturated rings. The number of pyridine rings is 1. The molecule has 7 nitrogen and oxygen atoms in total. The molecule has 204 valence electrons. The first kappa shape index (κ1) is 27.0. The maximum atomic E-state index is 14.5. The number of likely N-dealkylation sites (tertiary alicyclic amines) is 1. The summed E-state index contributed by atoms with van der Waals surface area (Å²) in [7, 11) is 3.53. The molecule has 2 unspecified atom stereocenters. The minimum atomic E-state index is -0.349. The molecule has 1 aromatic heterocycles. The first-order valence-electron chi connectivity index (χ1n) is 14.0. The average molecular weight is 530 g/mol. The van der Waals surface area contributed by atoms with Gasteiger partial charge >= 0.3 is 0 Å². The lowest BCUT2D eigenvalue weighted by atomic mass is 9.78. The van der Waals surface area contributed by atoms with E-state index in [-0.39, 0.29) is 11.5 Å². The summed E-state index contributed by atoms with van der Waals surface area (Å²) in [5.74, 6) is 1.74. The lowest BCUT2D eigenvalue weighted by molar-refractivity contribution is -0.144. The Morgan fingerprint density at radius 2 is 2.19 bits per heavy atom. The minimum absolute atomic E-state index is 0.167. The van der Waals surface area contributed by atoms with Crippen LogP contribution in [0.2, 0.25) is 0 Å². The average Bonchev–Trinajstić information content (AvgIpc) is 3.43. The number of amides is 1. The highest BCUT2D eigenvalue weighted by Gasteiger charge is 2.59. The van der Waals surface area contributed by atoms with Gasteiger partial charge in [0.05, 0.1) is 23.1 Å². The highest BCUT2D eigenvalue weighted by atomic mass is 32.1. The van der Waals surface area contributed by atoms with E-state index in [1.54, 1.807) is 14.2 Å². The molecule has 1 aromatic rings. The molecule has 1 aliphatic carbocycles. The van der Waals surface area contributed by atoms with E-state index < -0.39 is 0 Å². The van der Waals surface area contributed by atoms with E-state index in [4.69, 9.17) is 26.4 Å². The van der Waals surface area contributed by atoms with Gasteiger partial charge in [0.1, 0.15) is 0 Å². The van der Waals surface area contributed by atoms with Crippen LogP contribution in [0.25, 0.3) is 0 Å². The summed E-state index contributed by atoms with van der Waals surface area (Å²) in [5.41, 5.74) is 3.16. The van der Waals surface area contributed by atoms with Crippen LogP contribution in [0.4, 0.5) is 0 Å². The van der Waals surface area contributed by atoms with Gasteiger partial charge in [-0.15, -0.1) is 0 Å². The maximum Gasteiger partial charge on any atom is 0.231 e. The molecule has 0 N–H and O–H groups in total. The van der Waals surface area contributed by atoms with Crippen molar-refractivity contribution in [1.82, 2.24) is 14.8 Å². The van der Waals surface area contributed by atoms with Crippen molar-refractivity contribution in [3.8, 4) is 0 Å². The minimum Gasteiger partial charge on any atom is -0.385 e. The number of ether oxygens (including phenoxy) is 3. The molecule has 0 bridgehead atoms. The fourth-order valence-corrected chi connectivity index (χ4v) is 7.76. The van der Waals surface area contributed by atoms with Crippen molar-refractivity contribution in [1.29, 1.82) is 0 Å². The Bertz CT molecular complexity index is 990. The van der Waals surface area contributed by atoms with Crippen LogP contribution in [-0.4, -0.2) is 85.5 Å². The summed E-state index contributed by atoms with van der Waals surface area (Å²) in [6, 6.07) is 2.20. The van der Waals surface area contributed by atoms with Gasteiger partial charge in [-0.05, 0) is 67.9 Å². The number of thiocarbonyl (C=S) groups is 1. The molecular weight excluding hydrogens is 486 g/mol. The van der Waals surface area contributed by atoms with Gasteiger partial charge < -0.3 is 24.0 Å². The summed E-state index contributed by atoms with van der Waals surface area (Å²) in [6.07, 6.45) is 8.94. The van der Waals surface area contributed by atoms with E-state index in [1.165, 1.54) is 5.56 Å². The molecule has 2 saturated heterocycles. The Balaban J connectivity index is 1.34. The van der Waals surface area contributed by atoms with E-state index in [1.807, 2.05) is 6.20 Å². The summed E-state index contributed by atoms with van der Waals surface area (Å²) >= 11 is 5.86. The number of carbonyl (C=O) groups is 1. The van der Waals surface area contributed by atoms with Crippen LogP contribution in [0.5, 0.6) is 0 Å². The van der Waals surface area contributed by atoms with Crippen LogP contribution in [0.1, 0.15) is 55.3 Å². The van der Waals surface area contributed by atoms with Crippen molar-refractivity contribution in [2.75, 3.05) is 53.7 Å². The Hall–Kier alpha value is -1.61. The fraction of sp³-hybridized carbons (Fsp3) is 0.759. The van der Waals surface area contributed by atoms with Gasteiger partial charge in [0.2, 0.25) is 5.91 Å². The van der Waals surface area contributed by atoms with E-state index in [0.717, 1.165) is 94.0 Å². The molecule has 4 heterocycles. The molecule has 37 heavy (non-hydrogen) atoms. The predicted octanol–water partition coefficient (Wildman–Crippen LogP) is 3.80. The Labute approximate surface area is 227 Å². The lowest BCUT2D eigenvalue weighted by Crippen LogP contribution is -2.49. The maximum absolute atomic E-state index is 14.5. The zero-order valence-electron chi connectivity index (χ0n) is 22.7. The van der Waals surface area contributed by atoms with Crippen LogP contribution in [-0.2, 0) is 32.0 Å². The molecule has 1 amide bonds. The normalized spacial score (nSPS) is 31.3. The van der Waals surface area contributed by atoms with Crippen molar-refractivity contribution < 1.29 is 19.0 Å². The number of methoxy groups -OCH3 is 2. The van der Waals surface area contributed by atoms with Gasteiger partial charge in [0, 0.05) is 78.3 Å². The van der Waals surface area contributed by atoms with Crippen LogP contribution >= 0.6 is 12.2 Å². The number of hydrogen-bond acceptors (Lipinski definition) is 6. The fourth-order valence-electron chi connectivity index (χ4n) is 7.48. The zero-order chi connectivity index (χ0) is 26.0. The molecule has 0 radical (unpaired) electrons. The summed E-state index contributed by atoms with van der Waals surface area (Å²) < 4.78 is 16.7. The van der Waals surface area contributed by atoms with Gasteiger partial charge in [-0.3, -0.25) is 9.78 Å². The summed E-state index contributed by atoms with van der Waals surface area (Å²) in [4.78, 5) is 24.6. The quantitative estimate of drug-likeness (QED) is 0.375. The smallest absolute Gasteiger partial charge is 0.231 e. The molecule has 5 atom stereocenters. The number of nitrogens with zero attached hydrogens (tertiary/aromatic N) is 3. The number of hydrogen-bond donors (Lipinski definition) is 0. The van der Waals surface area contributed by atoms with Crippen LogP contribution < -0.4 is 0 Å². The monoisotopic (exact) mass is 529 g/mol. The van der Waals surface area contributed by atoms with Gasteiger partial charge in [-0.25, -0.2) is 0 Å².